The smallest absolute Gasteiger partial charge is 0.255 e. The van der Waals surface area contributed by atoms with E-state index in [0.717, 1.165) is 47.2 Å². The van der Waals surface area contributed by atoms with Crippen LogP contribution < -0.4 is 9.64 Å². The number of carbonyl (C=O) groups is 1. The number of rotatable bonds is 5. The number of benzene rings is 3. The third-order valence-electron chi connectivity index (χ3n) is 6.72. The summed E-state index contributed by atoms with van der Waals surface area (Å²) in [7, 11) is 1.65. The Morgan fingerprint density at radius 2 is 1.58 bits per heavy atom. The second kappa shape index (κ2) is 10.1. The van der Waals surface area contributed by atoms with Gasteiger partial charge in [-0.3, -0.25) is 4.79 Å². The first-order chi connectivity index (χ1) is 17.5. The van der Waals surface area contributed by atoms with Gasteiger partial charge >= 0.3 is 0 Å². The van der Waals surface area contributed by atoms with E-state index in [1.54, 1.807) is 19.2 Å². The van der Waals surface area contributed by atoms with Crippen molar-refractivity contribution in [2.75, 3.05) is 38.2 Å². The zero-order valence-electron chi connectivity index (χ0n) is 20.2. The van der Waals surface area contributed by atoms with Gasteiger partial charge in [-0.1, -0.05) is 23.7 Å². The van der Waals surface area contributed by atoms with Crippen molar-refractivity contribution >= 4 is 23.2 Å². The maximum absolute atomic E-state index is 13.7. The molecule has 5 rings (SSSR count). The van der Waals surface area contributed by atoms with E-state index < -0.39 is 0 Å². The Morgan fingerprint density at radius 3 is 2.22 bits per heavy atom. The molecule has 1 aliphatic heterocycles. The molecule has 1 amide bonds. The quantitative estimate of drug-likeness (QED) is 0.324. The zero-order valence-corrected chi connectivity index (χ0v) is 21.0. The van der Waals surface area contributed by atoms with E-state index in [1.165, 1.54) is 12.1 Å². The number of amides is 1. The predicted molar refractivity (Wildman–Crippen MR) is 142 cm³/mol. The van der Waals surface area contributed by atoms with Gasteiger partial charge in [-0.2, -0.15) is 0 Å². The van der Waals surface area contributed by atoms with Crippen LogP contribution in [0.4, 0.5) is 10.1 Å². The first-order valence-electron chi connectivity index (χ1n) is 11.9. The lowest BCUT2D eigenvalue weighted by molar-refractivity contribution is 0.0746. The lowest BCUT2D eigenvalue weighted by Gasteiger charge is -2.36. The Bertz CT molecular complexity index is 1370. The lowest BCUT2D eigenvalue weighted by Crippen LogP contribution is -2.48. The SMILES string of the molecule is COc1ccc(N2CCN(C(=O)c3cc(-c4ccc(F)cc4)n(-c4ccccc4Cl)c3C)CC2)cc1. The van der Waals surface area contributed by atoms with Crippen molar-refractivity contribution < 1.29 is 13.9 Å². The fraction of sp³-hybridized carbons (Fsp3) is 0.207. The minimum Gasteiger partial charge on any atom is -0.497 e. The summed E-state index contributed by atoms with van der Waals surface area (Å²) in [5.74, 6) is 0.497. The molecule has 0 atom stereocenters. The van der Waals surface area contributed by atoms with Crippen molar-refractivity contribution in [1.29, 1.82) is 0 Å². The van der Waals surface area contributed by atoms with Crippen LogP contribution in [0.1, 0.15) is 16.1 Å². The number of aromatic nitrogens is 1. The predicted octanol–water partition coefficient (Wildman–Crippen LogP) is 6.22. The number of anilines is 1. The van der Waals surface area contributed by atoms with Crippen molar-refractivity contribution in [3.63, 3.8) is 0 Å². The molecule has 0 N–H and O–H groups in total. The average Bonchev–Trinajstić information content (AvgIpc) is 3.25. The first kappa shape index (κ1) is 23.9. The monoisotopic (exact) mass is 503 g/mol. The van der Waals surface area contributed by atoms with Crippen LogP contribution in [0, 0.1) is 12.7 Å². The van der Waals surface area contributed by atoms with Gasteiger partial charge in [0.1, 0.15) is 11.6 Å². The van der Waals surface area contributed by atoms with Crippen molar-refractivity contribution in [2.24, 2.45) is 0 Å². The molecule has 0 spiro atoms. The van der Waals surface area contributed by atoms with E-state index in [2.05, 4.69) is 4.90 Å². The number of methoxy groups -OCH3 is 1. The van der Waals surface area contributed by atoms with E-state index in [1.807, 2.05) is 71.0 Å². The molecular weight excluding hydrogens is 477 g/mol. The summed E-state index contributed by atoms with van der Waals surface area (Å²) in [6.45, 7) is 4.65. The molecule has 0 unspecified atom stereocenters. The van der Waals surface area contributed by atoms with Gasteiger partial charge in [0.05, 0.1) is 29.1 Å². The molecule has 1 fully saturated rings. The molecule has 36 heavy (non-hydrogen) atoms. The van der Waals surface area contributed by atoms with Crippen molar-refractivity contribution in [3.05, 3.63) is 101 Å². The van der Waals surface area contributed by atoms with E-state index in [0.29, 0.717) is 23.7 Å². The molecule has 0 bridgehead atoms. The molecule has 3 aromatic carbocycles. The summed E-state index contributed by atoms with van der Waals surface area (Å²) in [5, 5.41) is 0.576. The van der Waals surface area contributed by atoms with Gasteiger partial charge in [-0.25, -0.2) is 4.39 Å². The number of nitrogens with zero attached hydrogens (tertiary/aromatic N) is 3. The van der Waals surface area contributed by atoms with Crippen LogP contribution in [-0.2, 0) is 0 Å². The lowest BCUT2D eigenvalue weighted by atomic mass is 10.1. The summed E-state index contributed by atoms with van der Waals surface area (Å²) < 4.78 is 20.9. The summed E-state index contributed by atoms with van der Waals surface area (Å²) in [6, 6.07) is 23.7. The Morgan fingerprint density at radius 1 is 0.917 bits per heavy atom. The van der Waals surface area contributed by atoms with E-state index in [4.69, 9.17) is 16.3 Å². The topological polar surface area (TPSA) is 37.7 Å². The maximum atomic E-state index is 13.7. The highest BCUT2D eigenvalue weighted by molar-refractivity contribution is 6.32. The van der Waals surface area contributed by atoms with Gasteiger partial charge in [-0.05, 0) is 79.2 Å². The Kier molecular flexibility index (Phi) is 6.70. The van der Waals surface area contributed by atoms with Crippen LogP contribution in [0.5, 0.6) is 5.75 Å². The highest BCUT2D eigenvalue weighted by Crippen LogP contribution is 2.33. The molecule has 0 aliphatic carbocycles. The van der Waals surface area contributed by atoms with E-state index in [9.17, 15) is 9.18 Å². The largest absolute Gasteiger partial charge is 0.497 e. The van der Waals surface area contributed by atoms with Gasteiger partial charge in [0.2, 0.25) is 0 Å². The molecule has 1 aliphatic rings. The van der Waals surface area contributed by atoms with Gasteiger partial charge in [0.15, 0.2) is 0 Å². The standard InChI is InChI=1S/C29H27ClFN3O2/c1-20-25(29(35)33-17-15-32(16-18-33)23-11-13-24(36-2)14-12-23)19-28(21-7-9-22(31)10-8-21)34(20)27-6-4-3-5-26(27)30/h3-14,19H,15-18H2,1-2H3. The Balaban J connectivity index is 1.44. The molecule has 5 nitrogen and oxygen atoms in total. The number of piperazine rings is 1. The van der Waals surface area contributed by atoms with Crippen molar-refractivity contribution in [2.45, 2.75) is 6.92 Å². The van der Waals surface area contributed by atoms with Crippen LogP contribution in [-0.4, -0.2) is 48.7 Å². The number of carbonyl (C=O) groups excluding carboxylic acids is 1. The highest BCUT2D eigenvalue weighted by atomic mass is 35.5. The normalized spacial score (nSPS) is 13.7. The second-order valence-corrected chi connectivity index (χ2v) is 9.21. The maximum Gasteiger partial charge on any atom is 0.255 e. The summed E-state index contributed by atoms with van der Waals surface area (Å²) >= 11 is 6.56. The molecular formula is C29H27ClFN3O2. The number of halogens is 2. The van der Waals surface area contributed by atoms with Crippen LogP contribution in [0.3, 0.4) is 0 Å². The third-order valence-corrected chi connectivity index (χ3v) is 7.03. The minimum atomic E-state index is -0.308. The molecule has 1 saturated heterocycles. The van der Waals surface area contributed by atoms with Crippen LogP contribution >= 0.6 is 11.6 Å². The number of hydrogen-bond acceptors (Lipinski definition) is 3. The van der Waals surface area contributed by atoms with Gasteiger partial charge < -0.3 is 19.1 Å². The fourth-order valence-corrected chi connectivity index (χ4v) is 4.95. The van der Waals surface area contributed by atoms with Crippen molar-refractivity contribution in [1.82, 2.24) is 9.47 Å². The van der Waals surface area contributed by atoms with Gasteiger partial charge in [0, 0.05) is 37.6 Å². The number of para-hydroxylation sites is 1. The number of ether oxygens (including phenoxy) is 1. The molecule has 7 heteroatoms. The summed E-state index contributed by atoms with van der Waals surface area (Å²) in [6.07, 6.45) is 0. The highest BCUT2D eigenvalue weighted by Gasteiger charge is 2.27. The van der Waals surface area contributed by atoms with Crippen LogP contribution in [0.25, 0.3) is 16.9 Å². The second-order valence-electron chi connectivity index (χ2n) is 8.80. The third kappa shape index (κ3) is 4.56. The average molecular weight is 504 g/mol. The van der Waals surface area contributed by atoms with E-state index in [-0.39, 0.29) is 11.7 Å². The molecule has 4 aromatic rings. The zero-order chi connectivity index (χ0) is 25.2. The number of hydrogen-bond donors (Lipinski definition) is 0. The minimum absolute atomic E-state index is 0.0175. The molecule has 1 aromatic heterocycles. The molecule has 0 saturated carbocycles. The van der Waals surface area contributed by atoms with Crippen LogP contribution in [0.15, 0.2) is 78.9 Å². The molecule has 0 radical (unpaired) electrons. The fourth-order valence-electron chi connectivity index (χ4n) is 4.73. The molecule has 2 heterocycles. The van der Waals surface area contributed by atoms with Gasteiger partial charge in [0.25, 0.3) is 5.91 Å². The van der Waals surface area contributed by atoms with Crippen LogP contribution in [0.2, 0.25) is 5.02 Å². The van der Waals surface area contributed by atoms with Crippen molar-refractivity contribution in [3.8, 4) is 22.7 Å². The summed E-state index contributed by atoms with van der Waals surface area (Å²) in [4.78, 5) is 17.9. The van der Waals surface area contributed by atoms with Gasteiger partial charge in [-0.15, -0.1) is 0 Å². The molecule has 184 valence electrons. The Labute approximate surface area is 215 Å². The van der Waals surface area contributed by atoms with E-state index >= 15 is 0 Å². The summed E-state index contributed by atoms with van der Waals surface area (Å²) in [5.41, 5.74) is 4.91. The Hall–Kier alpha value is -3.77. The first-order valence-corrected chi connectivity index (χ1v) is 12.3.